The quantitative estimate of drug-likeness (QED) is 0.847. The van der Waals surface area contributed by atoms with Crippen molar-refractivity contribution in [2.24, 2.45) is 0 Å². The predicted octanol–water partition coefficient (Wildman–Crippen LogP) is 3.94. The fraction of sp³-hybridized carbons (Fsp3) is 0.524. The summed E-state index contributed by atoms with van der Waals surface area (Å²) in [5.74, 6) is 0.455. The molecule has 4 rings (SSSR count). The lowest BCUT2D eigenvalue weighted by Gasteiger charge is -2.28. The summed E-state index contributed by atoms with van der Waals surface area (Å²) in [4.78, 5) is 19.5. The zero-order valence-electron chi connectivity index (χ0n) is 16.0. The normalized spacial score (nSPS) is 20.0. The second-order valence-electron chi connectivity index (χ2n) is 7.76. The Morgan fingerprint density at radius 3 is 3.04 bits per heavy atom. The summed E-state index contributed by atoms with van der Waals surface area (Å²) < 4.78 is 5.48. The number of aromatic nitrogens is 1. The van der Waals surface area contributed by atoms with Gasteiger partial charge in [-0.15, -0.1) is 11.3 Å². The van der Waals surface area contributed by atoms with Gasteiger partial charge in [0.05, 0.1) is 12.2 Å². The average molecular weight is 386 g/mol. The minimum Gasteiger partial charge on any atom is -0.368 e. The summed E-state index contributed by atoms with van der Waals surface area (Å²) in [6.07, 6.45) is 2.53. The largest absolute Gasteiger partial charge is 0.368 e. The first kappa shape index (κ1) is 18.6. The van der Waals surface area contributed by atoms with Gasteiger partial charge in [-0.25, -0.2) is 4.98 Å². The number of carbonyl (C=O) groups is 1. The van der Waals surface area contributed by atoms with Gasteiger partial charge in [0.15, 0.2) is 0 Å². The molecule has 6 heteroatoms. The van der Waals surface area contributed by atoms with Gasteiger partial charge >= 0.3 is 0 Å². The Bertz CT molecular complexity index is 812. The van der Waals surface area contributed by atoms with Crippen molar-refractivity contribution in [1.82, 2.24) is 9.88 Å². The van der Waals surface area contributed by atoms with Gasteiger partial charge in [0, 0.05) is 30.8 Å². The maximum atomic E-state index is 12.3. The summed E-state index contributed by atoms with van der Waals surface area (Å²) in [5, 5.41) is 6.38. The van der Waals surface area contributed by atoms with Crippen LogP contribution in [0.25, 0.3) is 0 Å². The van der Waals surface area contributed by atoms with Crippen LogP contribution in [0.5, 0.6) is 0 Å². The van der Waals surface area contributed by atoms with Crippen molar-refractivity contribution in [3.8, 4) is 0 Å². The van der Waals surface area contributed by atoms with Crippen LogP contribution in [0.15, 0.2) is 23.6 Å². The topological polar surface area (TPSA) is 54.5 Å². The molecule has 0 aliphatic carbocycles. The molecule has 144 valence electrons. The first-order valence-electron chi connectivity index (χ1n) is 9.79. The highest BCUT2D eigenvalue weighted by atomic mass is 32.1. The molecular weight excluding hydrogens is 358 g/mol. The Morgan fingerprint density at radius 1 is 1.41 bits per heavy atom. The SMILES string of the molecule is CC(C)c1csc(CN2CCc3ccc(NC(=O)C4CCCO4)cc3C2)n1. The van der Waals surface area contributed by atoms with Gasteiger partial charge in [0.2, 0.25) is 0 Å². The Morgan fingerprint density at radius 2 is 2.30 bits per heavy atom. The summed E-state index contributed by atoms with van der Waals surface area (Å²) in [6, 6.07) is 6.28. The maximum Gasteiger partial charge on any atom is 0.253 e. The lowest BCUT2D eigenvalue weighted by Crippen LogP contribution is -2.30. The van der Waals surface area contributed by atoms with Gasteiger partial charge in [0.1, 0.15) is 11.1 Å². The number of amides is 1. The number of benzene rings is 1. The van der Waals surface area contributed by atoms with Crippen LogP contribution >= 0.6 is 11.3 Å². The van der Waals surface area contributed by atoms with Crippen LogP contribution in [0.1, 0.15) is 54.4 Å². The smallest absolute Gasteiger partial charge is 0.253 e. The number of thiazole rings is 1. The van der Waals surface area contributed by atoms with Crippen molar-refractivity contribution in [1.29, 1.82) is 0 Å². The second kappa shape index (κ2) is 8.09. The summed E-state index contributed by atoms with van der Waals surface area (Å²) in [6.45, 7) is 7.89. The fourth-order valence-electron chi connectivity index (χ4n) is 3.69. The lowest BCUT2D eigenvalue weighted by molar-refractivity contribution is -0.124. The van der Waals surface area contributed by atoms with Crippen molar-refractivity contribution in [3.05, 3.63) is 45.4 Å². The van der Waals surface area contributed by atoms with Crippen molar-refractivity contribution in [3.63, 3.8) is 0 Å². The van der Waals surface area contributed by atoms with Crippen molar-refractivity contribution >= 4 is 22.9 Å². The number of rotatable bonds is 5. The van der Waals surface area contributed by atoms with E-state index in [0.29, 0.717) is 12.5 Å². The van der Waals surface area contributed by atoms with E-state index in [-0.39, 0.29) is 12.0 Å². The molecule has 1 N–H and O–H groups in total. The number of carbonyl (C=O) groups excluding carboxylic acids is 1. The summed E-state index contributed by atoms with van der Waals surface area (Å²) >= 11 is 1.75. The van der Waals surface area contributed by atoms with Gasteiger partial charge in [-0.3, -0.25) is 9.69 Å². The van der Waals surface area contributed by atoms with Gasteiger partial charge in [-0.05, 0) is 48.4 Å². The molecule has 5 nitrogen and oxygen atoms in total. The third-order valence-electron chi connectivity index (χ3n) is 5.31. The van der Waals surface area contributed by atoms with E-state index < -0.39 is 0 Å². The molecule has 2 aromatic rings. The van der Waals surface area contributed by atoms with Crippen LogP contribution in [-0.2, 0) is 29.0 Å². The molecule has 1 saturated heterocycles. The molecule has 1 fully saturated rings. The highest BCUT2D eigenvalue weighted by molar-refractivity contribution is 7.09. The number of fused-ring (bicyclic) bond motifs is 1. The Hall–Kier alpha value is -1.76. The van der Waals surface area contributed by atoms with Crippen LogP contribution in [0.3, 0.4) is 0 Å². The van der Waals surface area contributed by atoms with Crippen LogP contribution < -0.4 is 5.32 Å². The van der Waals surface area contributed by atoms with E-state index in [1.54, 1.807) is 11.3 Å². The van der Waals surface area contributed by atoms with Crippen molar-refractivity contribution in [2.75, 3.05) is 18.5 Å². The zero-order valence-corrected chi connectivity index (χ0v) is 16.8. The molecule has 1 unspecified atom stereocenters. The number of nitrogens with zero attached hydrogens (tertiary/aromatic N) is 2. The van der Waals surface area contributed by atoms with Crippen molar-refractivity contribution in [2.45, 2.75) is 58.2 Å². The monoisotopic (exact) mass is 385 g/mol. The second-order valence-corrected chi connectivity index (χ2v) is 8.70. The molecule has 1 atom stereocenters. The number of hydrogen-bond acceptors (Lipinski definition) is 5. The lowest BCUT2D eigenvalue weighted by atomic mass is 9.99. The Kier molecular flexibility index (Phi) is 5.57. The Balaban J connectivity index is 1.40. The molecule has 0 saturated carbocycles. The highest BCUT2D eigenvalue weighted by Gasteiger charge is 2.24. The predicted molar refractivity (Wildman–Crippen MR) is 108 cm³/mol. The standard InChI is InChI=1S/C21H27N3O2S/c1-14(2)18-13-27-20(23-18)12-24-8-7-15-5-6-17(10-16(15)11-24)22-21(25)19-4-3-9-26-19/h5-6,10,13-14,19H,3-4,7-9,11-12H2,1-2H3,(H,22,25). The summed E-state index contributed by atoms with van der Waals surface area (Å²) in [7, 11) is 0. The molecule has 0 spiro atoms. The first-order chi connectivity index (χ1) is 13.1. The van der Waals surface area contributed by atoms with E-state index in [1.807, 2.05) is 6.07 Å². The first-order valence-corrected chi connectivity index (χ1v) is 10.7. The van der Waals surface area contributed by atoms with E-state index in [4.69, 9.17) is 9.72 Å². The number of anilines is 1. The van der Waals surface area contributed by atoms with Gasteiger partial charge in [-0.1, -0.05) is 19.9 Å². The average Bonchev–Trinajstić information content (AvgIpc) is 3.33. The molecule has 1 aromatic carbocycles. The van der Waals surface area contributed by atoms with Crippen LogP contribution in [0.2, 0.25) is 0 Å². The van der Waals surface area contributed by atoms with Gasteiger partial charge < -0.3 is 10.1 Å². The number of nitrogens with one attached hydrogen (secondary N) is 1. The molecule has 1 amide bonds. The molecule has 27 heavy (non-hydrogen) atoms. The van der Waals surface area contributed by atoms with Crippen LogP contribution in [-0.4, -0.2) is 35.0 Å². The molecule has 0 radical (unpaired) electrons. The van der Waals surface area contributed by atoms with Crippen LogP contribution in [0, 0.1) is 0 Å². The van der Waals surface area contributed by atoms with E-state index in [1.165, 1.54) is 21.8 Å². The van der Waals surface area contributed by atoms with Crippen LogP contribution in [0.4, 0.5) is 5.69 Å². The third-order valence-corrected chi connectivity index (χ3v) is 6.16. The zero-order chi connectivity index (χ0) is 18.8. The highest BCUT2D eigenvalue weighted by Crippen LogP contribution is 2.26. The minimum absolute atomic E-state index is 0.0240. The molecule has 0 bridgehead atoms. The van der Waals surface area contributed by atoms with Gasteiger partial charge in [0.25, 0.3) is 5.91 Å². The third kappa shape index (κ3) is 4.39. The van der Waals surface area contributed by atoms with E-state index in [9.17, 15) is 4.79 Å². The summed E-state index contributed by atoms with van der Waals surface area (Å²) in [5.41, 5.74) is 4.73. The van der Waals surface area contributed by atoms with Gasteiger partial charge in [-0.2, -0.15) is 0 Å². The minimum atomic E-state index is -0.294. The molecule has 2 aliphatic rings. The van der Waals surface area contributed by atoms with Crippen molar-refractivity contribution < 1.29 is 9.53 Å². The number of hydrogen-bond donors (Lipinski definition) is 1. The molecule has 1 aromatic heterocycles. The Labute approximate surface area is 164 Å². The number of ether oxygens (including phenoxy) is 1. The molecule has 2 aliphatic heterocycles. The van der Waals surface area contributed by atoms with E-state index in [2.05, 4.69) is 41.6 Å². The molecule has 3 heterocycles. The maximum absolute atomic E-state index is 12.3. The van der Waals surface area contributed by atoms with E-state index in [0.717, 1.165) is 44.6 Å². The molecular formula is C21H27N3O2S. The fourth-order valence-corrected chi connectivity index (χ4v) is 4.69. The van der Waals surface area contributed by atoms with E-state index >= 15 is 0 Å².